The van der Waals surface area contributed by atoms with Gasteiger partial charge >= 0.3 is 0 Å². The molecule has 2 heterocycles. The van der Waals surface area contributed by atoms with E-state index in [0.29, 0.717) is 50.5 Å². The van der Waals surface area contributed by atoms with Gasteiger partial charge in [0.1, 0.15) is 17.3 Å². The molecule has 0 bridgehead atoms. The molecule has 0 unspecified atom stereocenters. The van der Waals surface area contributed by atoms with Crippen molar-refractivity contribution in [2.75, 3.05) is 26.2 Å². The van der Waals surface area contributed by atoms with Crippen LogP contribution in [0.15, 0.2) is 57.8 Å². The summed E-state index contributed by atoms with van der Waals surface area (Å²) in [5, 5.41) is 2.94. The first-order chi connectivity index (χ1) is 14.4. The number of hydrogen-bond acceptors (Lipinski definition) is 5. The van der Waals surface area contributed by atoms with E-state index in [4.69, 9.17) is 4.74 Å². The van der Waals surface area contributed by atoms with Gasteiger partial charge in [-0.25, -0.2) is 0 Å². The third kappa shape index (κ3) is 4.33. The Kier molecular flexibility index (Phi) is 5.76. The predicted octanol–water partition coefficient (Wildman–Crippen LogP) is 2.35. The third-order valence-corrected chi connectivity index (χ3v) is 6.76. The van der Waals surface area contributed by atoms with E-state index < -0.39 is 10.0 Å². The first-order valence-electron chi connectivity index (χ1n) is 10.1. The van der Waals surface area contributed by atoms with Crippen molar-refractivity contribution >= 4 is 21.8 Å². The summed E-state index contributed by atoms with van der Waals surface area (Å²) in [6.45, 7) is 4.07. The van der Waals surface area contributed by atoms with Gasteiger partial charge in [-0.15, -0.1) is 4.40 Å². The van der Waals surface area contributed by atoms with Gasteiger partial charge in [0.15, 0.2) is 5.84 Å². The van der Waals surface area contributed by atoms with Crippen molar-refractivity contribution in [3.05, 3.63) is 59.7 Å². The van der Waals surface area contributed by atoms with Gasteiger partial charge in [0, 0.05) is 24.6 Å². The number of carbonyl (C=O) groups is 1. The van der Waals surface area contributed by atoms with Crippen molar-refractivity contribution in [1.82, 2.24) is 10.2 Å². The molecule has 8 heteroatoms. The standard InChI is InChI=1S/C22H25N3O4S/c1-16-5-4-6-18(15-16)29-14-11-23-22(26)17-9-12-25(13-10-17)21-19-7-2-3-8-20(19)30(27,28)24-21/h2-8,15,17H,9-14H2,1H3,(H,23,26). The van der Waals surface area contributed by atoms with Gasteiger partial charge in [-0.05, 0) is 49.6 Å². The van der Waals surface area contributed by atoms with Gasteiger partial charge in [-0.1, -0.05) is 24.3 Å². The fourth-order valence-corrected chi connectivity index (χ4v) is 5.09. The Morgan fingerprint density at radius 3 is 2.70 bits per heavy atom. The maximum absolute atomic E-state index is 12.5. The Bertz CT molecular complexity index is 1070. The Hall–Kier alpha value is -2.87. The van der Waals surface area contributed by atoms with Gasteiger partial charge in [0.05, 0.1) is 6.54 Å². The van der Waals surface area contributed by atoms with Crippen LogP contribution in [0.2, 0.25) is 0 Å². The molecule has 4 rings (SSSR count). The highest BCUT2D eigenvalue weighted by Gasteiger charge is 2.34. The summed E-state index contributed by atoms with van der Waals surface area (Å²) in [6.07, 6.45) is 1.32. The lowest BCUT2D eigenvalue weighted by atomic mass is 9.95. The van der Waals surface area contributed by atoms with E-state index in [0.717, 1.165) is 11.3 Å². The average molecular weight is 428 g/mol. The van der Waals surface area contributed by atoms with Crippen molar-refractivity contribution in [1.29, 1.82) is 0 Å². The number of aryl methyl sites for hydroxylation is 1. The first kappa shape index (κ1) is 20.4. The van der Waals surface area contributed by atoms with Crippen LogP contribution in [0.25, 0.3) is 0 Å². The molecule has 0 saturated carbocycles. The second-order valence-electron chi connectivity index (χ2n) is 7.60. The second-order valence-corrected chi connectivity index (χ2v) is 9.18. The van der Waals surface area contributed by atoms with E-state index in [1.807, 2.05) is 42.2 Å². The molecule has 1 saturated heterocycles. The number of nitrogens with zero attached hydrogens (tertiary/aromatic N) is 2. The number of amidine groups is 1. The molecular formula is C22H25N3O4S. The first-order valence-corrected chi connectivity index (χ1v) is 11.5. The SMILES string of the molecule is Cc1cccc(OCCNC(=O)C2CCN(C3=NS(=O)(=O)c4ccccc43)CC2)c1. The number of nitrogens with one attached hydrogen (secondary N) is 1. The van der Waals surface area contributed by atoms with Gasteiger partial charge in [0.25, 0.3) is 10.0 Å². The largest absolute Gasteiger partial charge is 0.492 e. The average Bonchev–Trinajstić information content (AvgIpc) is 3.02. The summed E-state index contributed by atoms with van der Waals surface area (Å²) in [5.41, 5.74) is 1.78. The summed E-state index contributed by atoms with van der Waals surface area (Å²) in [5.74, 6) is 1.22. The Morgan fingerprint density at radius 2 is 1.93 bits per heavy atom. The molecular weight excluding hydrogens is 402 g/mol. The van der Waals surface area contributed by atoms with Crippen LogP contribution < -0.4 is 10.1 Å². The number of carbonyl (C=O) groups excluding carboxylic acids is 1. The van der Waals surface area contributed by atoms with E-state index in [9.17, 15) is 13.2 Å². The van der Waals surface area contributed by atoms with E-state index >= 15 is 0 Å². The van der Waals surface area contributed by atoms with Crippen molar-refractivity contribution in [2.24, 2.45) is 10.3 Å². The topological polar surface area (TPSA) is 88.1 Å². The summed E-state index contributed by atoms with van der Waals surface area (Å²) >= 11 is 0. The Balaban J connectivity index is 1.26. The lowest BCUT2D eigenvalue weighted by Gasteiger charge is -2.32. The molecule has 0 atom stereocenters. The zero-order valence-electron chi connectivity index (χ0n) is 16.9. The van der Waals surface area contributed by atoms with Crippen LogP contribution in [-0.2, 0) is 14.8 Å². The van der Waals surface area contributed by atoms with Crippen LogP contribution in [0.4, 0.5) is 0 Å². The summed E-state index contributed by atoms with van der Waals surface area (Å²) in [6, 6.07) is 14.7. The molecule has 2 aromatic carbocycles. The number of amides is 1. The number of hydrogen-bond donors (Lipinski definition) is 1. The number of piperidine rings is 1. The predicted molar refractivity (Wildman–Crippen MR) is 114 cm³/mol. The minimum Gasteiger partial charge on any atom is -0.492 e. The minimum absolute atomic E-state index is 0.0175. The quantitative estimate of drug-likeness (QED) is 0.740. The number of likely N-dealkylation sites (tertiary alicyclic amines) is 1. The van der Waals surface area contributed by atoms with Gasteiger partial charge in [0.2, 0.25) is 5.91 Å². The highest BCUT2D eigenvalue weighted by atomic mass is 32.2. The van der Waals surface area contributed by atoms with Crippen molar-refractivity contribution < 1.29 is 17.9 Å². The van der Waals surface area contributed by atoms with Crippen LogP contribution in [0.3, 0.4) is 0 Å². The van der Waals surface area contributed by atoms with Gasteiger partial charge in [-0.2, -0.15) is 8.42 Å². The fraction of sp³-hybridized carbons (Fsp3) is 0.364. The molecule has 158 valence electrons. The summed E-state index contributed by atoms with van der Waals surface area (Å²) in [4.78, 5) is 14.7. The molecule has 7 nitrogen and oxygen atoms in total. The van der Waals surface area contributed by atoms with E-state index in [1.165, 1.54) is 0 Å². The van der Waals surface area contributed by atoms with E-state index in [2.05, 4.69) is 9.71 Å². The normalized spacial score (nSPS) is 17.9. The molecule has 1 fully saturated rings. The molecule has 30 heavy (non-hydrogen) atoms. The molecule has 2 aliphatic heterocycles. The number of sulfonamides is 1. The van der Waals surface area contributed by atoms with Gasteiger partial charge in [-0.3, -0.25) is 4.79 Å². The molecule has 0 radical (unpaired) electrons. The summed E-state index contributed by atoms with van der Waals surface area (Å²) < 4.78 is 34.2. The van der Waals surface area contributed by atoms with Crippen LogP contribution in [0.1, 0.15) is 24.0 Å². The molecule has 1 amide bonds. The molecule has 0 aromatic heterocycles. The fourth-order valence-electron chi connectivity index (χ4n) is 3.86. The minimum atomic E-state index is -3.62. The van der Waals surface area contributed by atoms with Crippen molar-refractivity contribution in [2.45, 2.75) is 24.7 Å². The van der Waals surface area contributed by atoms with Crippen molar-refractivity contribution in [3.63, 3.8) is 0 Å². The number of benzene rings is 2. The lowest BCUT2D eigenvalue weighted by molar-refractivity contribution is -0.126. The zero-order chi connectivity index (χ0) is 21.1. The van der Waals surface area contributed by atoms with E-state index in [1.54, 1.807) is 18.2 Å². The van der Waals surface area contributed by atoms with Crippen LogP contribution in [0.5, 0.6) is 5.75 Å². The van der Waals surface area contributed by atoms with Crippen LogP contribution in [-0.4, -0.2) is 51.3 Å². The highest BCUT2D eigenvalue weighted by molar-refractivity contribution is 7.90. The Labute approximate surface area is 176 Å². The number of ether oxygens (including phenoxy) is 1. The zero-order valence-corrected chi connectivity index (χ0v) is 17.7. The van der Waals surface area contributed by atoms with E-state index in [-0.39, 0.29) is 16.7 Å². The monoisotopic (exact) mass is 427 g/mol. The molecule has 0 spiro atoms. The molecule has 2 aromatic rings. The van der Waals surface area contributed by atoms with Crippen molar-refractivity contribution in [3.8, 4) is 5.75 Å². The lowest BCUT2D eigenvalue weighted by Crippen LogP contribution is -2.43. The second kappa shape index (κ2) is 8.47. The Morgan fingerprint density at radius 1 is 1.17 bits per heavy atom. The van der Waals surface area contributed by atoms with Crippen LogP contribution in [0, 0.1) is 12.8 Å². The molecule has 0 aliphatic carbocycles. The number of rotatable bonds is 5. The summed E-state index contributed by atoms with van der Waals surface area (Å²) in [7, 11) is -3.62. The third-order valence-electron chi connectivity index (χ3n) is 5.44. The number of fused-ring (bicyclic) bond motifs is 1. The van der Waals surface area contributed by atoms with Gasteiger partial charge < -0.3 is 15.0 Å². The highest BCUT2D eigenvalue weighted by Crippen LogP contribution is 2.29. The molecule has 2 aliphatic rings. The smallest absolute Gasteiger partial charge is 0.285 e. The molecule has 1 N–H and O–H groups in total. The van der Waals surface area contributed by atoms with Crippen LogP contribution >= 0.6 is 0 Å². The maximum Gasteiger partial charge on any atom is 0.285 e. The maximum atomic E-state index is 12.5.